The fourth-order valence-electron chi connectivity index (χ4n) is 4.38. The molecule has 2 unspecified atom stereocenters. The summed E-state index contributed by atoms with van der Waals surface area (Å²) < 4.78 is 30.3. The highest BCUT2D eigenvalue weighted by Gasteiger charge is 2.25. The zero-order valence-electron chi connectivity index (χ0n) is 23.2. The molecular formula is C26H34N7O8S2+. The molecule has 2 atom stereocenters. The number of imidazole rings is 1. The van der Waals surface area contributed by atoms with Crippen molar-refractivity contribution in [2.24, 2.45) is 4.99 Å². The van der Waals surface area contributed by atoms with Crippen LogP contribution in [-0.2, 0) is 49.9 Å². The van der Waals surface area contributed by atoms with Gasteiger partial charge in [-0.2, -0.15) is 4.58 Å². The van der Waals surface area contributed by atoms with Crippen LogP contribution >= 0.6 is 12.2 Å². The number of carbonyl (C=O) groups excluding carboxylic acids is 1. The SMILES string of the molecule is O=COC[N+]1=CCN=C1CN(CCCCC(NC(=S)Cc1ccc(NS(=O)O)cc1)C(=O)O)Cc1nccn1CC(=O)O. The van der Waals surface area contributed by atoms with Gasteiger partial charge in [-0.1, -0.05) is 29.3 Å². The van der Waals surface area contributed by atoms with Crippen LogP contribution in [-0.4, -0.2) is 106 Å². The highest BCUT2D eigenvalue weighted by molar-refractivity contribution is 7.80. The average molecular weight is 637 g/mol. The molecule has 0 saturated carbocycles. The highest BCUT2D eigenvalue weighted by Crippen LogP contribution is 2.12. The van der Waals surface area contributed by atoms with Crippen molar-refractivity contribution >= 4 is 64.6 Å². The monoisotopic (exact) mass is 636 g/mol. The number of ether oxygens (including phenoxy) is 1. The lowest BCUT2D eigenvalue weighted by Crippen LogP contribution is -2.41. The Kier molecular flexibility index (Phi) is 13.3. The molecule has 1 aromatic carbocycles. The summed E-state index contributed by atoms with van der Waals surface area (Å²) in [7, 11) is 0. The number of hydrogen-bond donors (Lipinski definition) is 5. The molecule has 2 heterocycles. The van der Waals surface area contributed by atoms with Crippen LogP contribution in [0.3, 0.4) is 0 Å². The third-order valence-corrected chi connectivity index (χ3v) is 7.07. The van der Waals surface area contributed by atoms with E-state index in [-0.39, 0.29) is 13.3 Å². The number of benzene rings is 1. The van der Waals surface area contributed by atoms with Gasteiger partial charge in [0.25, 0.3) is 17.7 Å². The summed E-state index contributed by atoms with van der Waals surface area (Å²) in [5.74, 6) is -0.774. The molecule has 0 fully saturated rings. The summed E-state index contributed by atoms with van der Waals surface area (Å²) >= 11 is 3.21. The molecule has 17 heteroatoms. The molecule has 0 spiro atoms. The quantitative estimate of drug-likeness (QED) is 0.0450. The summed E-state index contributed by atoms with van der Waals surface area (Å²) in [6.07, 6.45) is 6.74. The minimum Gasteiger partial charge on any atom is -0.480 e. The van der Waals surface area contributed by atoms with Gasteiger partial charge in [-0.25, -0.2) is 14.0 Å². The number of carbonyl (C=O) groups is 3. The number of hydrogen-bond acceptors (Lipinski definition) is 9. The first-order valence-electron chi connectivity index (χ1n) is 13.3. The predicted molar refractivity (Wildman–Crippen MR) is 161 cm³/mol. The lowest BCUT2D eigenvalue weighted by Gasteiger charge is -2.22. The number of nitrogens with zero attached hydrogens (tertiary/aromatic N) is 5. The van der Waals surface area contributed by atoms with Crippen LogP contribution in [0.1, 0.15) is 30.7 Å². The number of nitrogens with one attached hydrogen (secondary N) is 2. The third kappa shape index (κ3) is 11.6. The Morgan fingerprint density at radius 1 is 1.23 bits per heavy atom. The molecule has 0 aliphatic carbocycles. The first-order chi connectivity index (χ1) is 20.6. The first-order valence-corrected chi connectivity index (χ1v) is 14.8. The van der Waals surface area contributed by atoms with E-state index in [1.165, 1.54) is 6.20 Å². The zero-order chi connectivity index (χ0) is 31.2. The number of amidine groups is 1. The Morgan fingerprint density at radius 2 is 2.00 bits per heavy atom. The number of thiocarbonyl (C=S) groups is 1. The Balaban J connectivity index is 1.56. The predicted octanol–water partition coefficient (Wildman–Crippen LogP) is 0.727. The number of rotatable bonds is 20. The minimum atomic E-state index is -2.18. The Morgan fingerprint density at radius 3 is 2.67 bits per heavy atom. The third-order valence-electron chi connectivity index (χ3n) is 6.40. The van der Waals surface area contributed by atoms with E-state index >= 15 is 0 Å². The van der Waals surface area contributed by atoms with E-state index < -0.39 is 29.2 Å². The topological polar surface area (TPSA) is 199 Å². The van der Waals surface area contributed by atoms with Gasteiger partial charge in [0.1, 0.15) is 31.2 Å². The van der Waals surface area contributed by atoms with E-state index in [0.29, 0.717) is 80.7 Å². The first kappa shape index (κ1) is 33.4. The lowest BCUT2D eigenvalue weighted by molar-refractivity contribution is -0.448. The van der Waals surface area contributed by atoms with E-state index in [1.807, 2.05) is 4.90 Å². The normalized spacial score (nSPS) is 14.0. The van der Waals surface area contributed by atoms with Gasteiger partial charge >= 0.3 is 17.8 Å². The number of aliphatic imine (C=N–C) groups is 1. The molecule has 0 radical (unpaired) electrons. The lowest BCUT2D eigenvalue weighted by atomic mass is 10.1. The molecule has 0 amide bonds. The molecule has 0 saturated heterocycles. The maximum Gasteiger partial charge on any atom is 0.326 e. The summed E-state index contributed by atoms with van der Waals surface area (Å²) in [5, 5.41) is 21.9. The van der Waals surface area contributed by atoms with Crippen molar-refractivity contribution in [1.82, 2.24) is 19.8 Å². The van der Waals surface area contributed by atoms with Crippen LogP contribution in [0.25, 0.3) is 0 Å². The largest absolute Gasteiger partial charge is 0.480 e. The fourth-order valence-corrected chi connectivity index (χ4v) is 5.03. The molecule has 1 aliphatic heterocycles. The molecular weight excluding hydrogens is 602 g/mol. The summed E-state index contributed by atoms with van der Waals surface area (Å²) in [6, 6.07) is 5.83. The van der Waals surface area contributed by atoms with Gasteiger partial charge in [-0.3, -0.25) is 23.8 Å². The maximum atomic E-state index is 11.9. The molecule has 0 bridgehead atoms. The van der Waals surface area contributed by atoms with Gasteiger partial charge in [0, 0.05) is 24.5 Å². The number of aliphatic carboxylic acids is 2. The number of aromatic nitrogens is 2. The standard InChI is InChI=1S/C26H33N7O8S2/c34-18-41-17-33-12-9-28-23(33)15-31(14-22-27-8-11-32(22)16-25(35)36)10-2-1-3-21(26(37)38)29-24(42)13-19-4-6-20(7-5-19)30-43(39)40/h4-8,11-12,18,21,30H,1-3,9-10,13-17H2,(H3-,29,35,36,37,38,39,40,42)/p+1. The smallest absolute Gasteiger partial charge is 0.326 e. The highest BCUT2D eigenvalue weighted by atomic mass is 32.2. The molecule has 2 aromatic rings. The maximum absolute atomic E-state index is 11.9. The second-order valence-electron chi connectivity index (χ2n) is 9.56. The number of carboxylic acid groups (broad SMARTS) is 2. The summed E-state index contributed by atoms with van der Waals surface area (Å²) in [5.41, 5.74) is 1.28. The summed E-state index contributed by atoms with van der Waals surface area (Å²) in [4.78, 5) is 45.0. The summed E-state index contributed by atoms with van der Waals surface area (Å²) in [6.45, 7) is 1.85. The number of unbranched alkanes of at least 4 members (excludes halogenated alkanes) is 1. The van der Waals surface area contributed by atoms with Crippen molar-refractivity contribution in [3.05, 3.63) is 48.0 Å². The van der Waals surface area contributed by atoms with Crippen molar-refractivity contribution in [1.29, 1.82) is 0 Å². The molecule has 15 nitrogen and oxygen atoms in total. The minimum absolute atomic E-state index is 0.0281. The molecule has 3 rings (SSSR count). The molecule has 1 aromatic heterocycles. The number of carboxylic acids is 2. The van der Waals surface area contributed by atoms with Crippen LogP contribution in [0.5, 0.6) is 0 Å². The second-order valence-corrected chi connectivity index (χ2v) is 10.8. The van der Waals surface area contributed by atoms with Crippen molar-refractivity contribution in [3.63, 3.8) is 0 Å². The Hall–Kier alpha value is -4.06. The van der Waals surface area contributed by atoms with E-state index in [2.05, 4.69) is 20.0 Å². The Bertz CT molecular complexity index is 1360. The van der Waals surface area contributed by atoms with Crippen molar-refractivity contribution < 1.29 is 42.7 Å². The van der Waals surface area contributed by atoms with Crippen molar-refractivity contribution in [2.45, 2.75) is 44.8 Å². The van der Waals surface area contributed by atoms with Crippen LogP contribution in [0, 0.1) is 0 Å². The van der Waals surface area contributed by atoms with Crippen LogP contribution in [0.15, 0.2) is 41.7 Å². The van der Waals surface area contributed by atoms with E-state index in [4.69, 9.17) is 21.5 Å². The van der Waals surface area contributed by atoms with Crippen molar-refractivity contribution in [3.8, 4) is 0 Å². The van der Waals surface area contributed by atoms with Gasteiger partial charge in [0.05, 0.1) is 11.5 Å². The van der Waals surface area contributed by atoms with Gasteiger partial charge in [0.15, 0.2) is 6.54 Å². The molecule has 1 aliphatic rings. The molecule has 43 heavy (non-hydrogen) atoms. The Labute approximate surface area is 255 Å². The average Bonchev–Trinajstić information content (AvgIpc) is 3.58. The van der Waals surface area contributed by atoms with Gasteiger partial charge in [-0.15, -0.1) is 0 Å². The van der Waals surface area contributed by atoms with Crippen LogP contribution < -0.4 is 10.0 Å². The van der Waals surface area contributed by atoms with Gasteiger partial charge in [-0.05, 0) is 43.5 Å². The fraction of sp³-hybridized carbons (Fsp3) is 0.423. The van der Waals surface area contributed by atoms with E-state index in [9.17, 15) is 28.8 Å². The molecule has 5 N–H and O–H groups in total. The van der Waals surface area contributed by atoms with Crippen molar-refractivity contribution in [2.75, 3.05) is 31.1 Å². The second kappa shape index (κ2) is 17.2. The van der Waals surface area contributed by atoms with Crippen LogP contribution in [0.4, 0.5) is 5.69 Å². The van der Waals surface area contributed by atoms with Gasteiger partial charge < -0.3 is 24.8 Å². The van der Waals surface area contributed by atoms with E-state index in [1.54, 1.807) is 45.8 Å². The van der Waals surface area contributed by atoms with E-state index in [0.717, 1.165) is 5.56 Å². The zero-order valence-corrected chi connectivity index (χ0v) is 24.8. The number of anilines is 1. The van der Waals surface area contributed by atoms with Crippen LogP contribution in [0.2, 0.25) is 0 Å². The van der Waals surface area contributed by atoms with Gasteiger partial charge in [0.2, 0.25) is 6.73 Å². The molecule has 232 valence electrons.